The molecule has 9 nitrogen and oxygen atoms in total. The minimum absolute atomic E-state index is 0.0733. The Morgan fingerprint density at radius 1 is 0.865 bits per heavy atom. The lowest BCUT2D eigenvalue weighted by Crippen LogP contribution is -2.46. The highest BCUT2D eigenvalue weighted by Crippen LogP contribution is 2.34. The van der Waals surface area contributed by atoms with Crippen LogP contribution in [-0.2, 0) is 9.47 Å². The summed E-state index contributed by atoms with van der Waals surface area (Å²) in [5.41, 5.74) is 1.77. The van der Waals surface area contributed by atoms with Gasteiger partial charge in [0.25, 0.3) is 0 Å². The van der Waals surface area contributed by atoms with Crippen molar-refractivity contribution in [2.24, 2.45) is 0 Å². The van der Waals surface area contributed by atoms with Crippen LogP contribution < -0.4 is 20.7 Å². The van der Waals surface area contributed by atoms with Crippen LogP contribution in [0.4, 0.5) is 16.4 Å². The molecule has 6 rings (SSSR count). The Kier molecular flexibility index (Phi) is 6.88. The molecule has 2 aromatic carbocycles. The summed E-state index contributed by atoms with van der Waals surface area (Å²) >= 11 is 0. The van der Waals surface area contributed by atoms with Crippen LogP contribution in [0.5, 0.6) is 11.5 Å². The number of hydrogen-bond donors (Lipinski definition) is 3. The van der Waals surface area contributed by atoms with E-state index in [4.69, 9.17) is 19.2 Å². The number of fused-ring (bicyclic) bond motifs is 1. The molecule has 1 aliphatic carbocycles. The monoisotopic (exact) mass is 501 g/mol. The number of nitrogens with one attached hydrogen (secondary N) is 3. The summed E-state index contributed by atoms with van der Waals surface area (Å²) in [6, 6.07) is 18.2. The Balaban J connectivity index is 1.00. The SMILES string of the molecule is O=C(Nc1ccc(Oc2ccccc2)cc1)N[C@H]1CO[C@H]2[C@@H]1OC[C@@H]2Nc1nccc(C2CCCC2)n1. The molecule has 0 unspecified atom stereocenters. The van der Waals surface area contributed by atoms with Crippen molar-refractivity contribution in [2.45, 2.75) is 55.9 Å². The van der Waals surface area contributed by atoms with E-state index in [9.17, 15) is 4.79 Å². The first kappa shape index (κ1) is 23.7. The molecule has 1 aromatic heterocycles. The van der Waals surface area contributed by atoms with Crippen LogP contribution in [0.25, 0.3) is 0 Å². The van der Waals surface area contributed by atoms with Gasteiger partial charge in [-0.15, -0.1) is 0 Å². The second kappa shape index (κ2) is 10.7. The molecule has 0 radical (unpaired) electrons. The van der Waals surface area contributed by atoms with Crippen molar-refractivity contribution < 1.29 is 19.0 Å². The maximum atomic E-state index is 12.7. The summed E-state index contributed by atoms with van der Waals surface area (Å²) in [5.74, 6) is 2.59. The highest BCUT2D eigenvalue weighted by Gasteiger charge is 2.48. The van der Waals surface area contributed by atoms with Crippen LogP contribution in [0.3, 0.4) is 0 Å². The molecule has 0 spiro atoms. The lowest BCUT2D eigenvalue weighted by molar-refractivity contribution is 0.0683. The van der Waals surface area contributed by atoms with Gasteiger partial charge < -0.3 is 30.2 Å². The van der Waals surface area contributed by atoms with Crippen LogP contribution in [0.2, 0.25) is 0 Å². The highest BCUT2D eigenvalue weighted by molar-refractivity contribution is 5.89. The topological polar surface area (TPSA) is 107 Å². The predicted octanol–water partition coefficient (Wildman–Crippen LogP) is 4.69. The van der Waals surface area contributed by atoms with Gasteiger partial charge >= 0.3 is 6.03 Å². The Labute approximate surface area is 215 Å². The molecule has 3 N–H and O–H groups in total. The summed E-state index contributed by atoms with van der Waals surface area (Å²) in [4.78, 5) is 21.8. The van der Waals surface area contributed by atoms with Gasteiger partial charge in [0.15, 0.2) is 0 Å². The molecule has 2 amide bonds. The van der Waals surface area contributed by atoms with Gasteiger partial charge in [0.1, 0.15) is 23.7 Å². The van der Waals surface area contributed by atoms with E-state index in [0.717, 1.165) is 11.4 Å². The second-order valence-corrected chi connectivity index (χ2v) is 9.78. The summed E-state index contributed by atoms with van der Waals surface area (Å²) < 4.78 is 17.9. The number of aromatic nitrogens is 2. The standard InChI is InChI=1S/C28H31N5O4/c34-28(30-19-10-12-21(13-11-19)37-20-8-2-1-3-9-20)33-24-17-36-25-23(16-35-26(24)25)32-27-29-15-14-22(31-27)18-6-4-5-7-18/h1-3,8-15,18,23-26H,4-7,16-17H2,(H,29,31,32)(H2,30,33,34)/t23-,24-,25+,26+/m0/s1. The fourth-order valence-corrected chi connectivity index (χ4v) is 5.37. The first-order valence-corrected chi connectivity index (χ1v) is 12.9. The minimum Gasteiger partial charge on any atom is -0.457 e. The van der Waals surface area contributed by atoms with Crippen molar-refractivity contribution in [3.05, 3.63) is 72.6 Å². The van der Waals surface area contributed by atoms with Gasteiger partial charge in [-0.25, -0.2) is 14.8 Å². The van der Waals surface area contributed by atoms with E-state index in [0.29, 0.717) is 36.5 Å². The molecule has 9 heteroatoms. The first-order valence-electron chi connectivity index (χ1n) is 12.9. The van der Waals surface area contributed by atoms with Crippen molar-refractivity contribution >= 4 is 17.7 Å². The van der Waals surface area contributed by atoms with Crippen molar-refractivity contribution in [1.29, 1.82) is 0 Å². The Morgan fingerprint density at radius 2 is 1.57 bits per heavy atom. The van der Waals surface area contributed by atoms with Crippen LogP contribution in [-0.4, -0.2) is 53.5 Å². The van der Waals surface area contributed by atoms with Gasteiger partial charge in [0.2, 0.25) is 5.95 Å². The van der Waals surface area contributed by atoms with E-state index in [1.165, 1.54) is 25.7 Å². The number of carbonyl (C=O) groups excluding carboxylic acids is 1. The normalized spacial score (nSPS) is 25.0. The Hall–Kier alpha value is -3.69. The number of amides is 2. The van der Waals surface area contributed by atoms with Crippen LogP contribution in [0, 0.1) is 0 Å². The number of anilines is 2. The summed E-state index contributed by atoms with van der Waals surface area (Å²) in [6.45, 7) is 0.850. The Morgan fingerprint density at radius 3 is 2.35 bits per heavy atom. The zero-order valence-corrected chi connectivity index (χ0v) is 20.5. The van der Waals surface area contributed by atoms with Gasteiger partial charge in [-0.3, -0.25) is 0 Å². The average Bonchev–Trinajstić information content (AvgIpc) is 3.67. The minimum atomic E-state index is -0.307. The molecule has 1 saturated carbocycles. The molecule has 3 fully saturated rings. The van der Waals surface area contributed by atoms with Crippen molar-refractivity contribution in [3.63, 3.8) is 0 Å². The molecule has 3 aliphatic rings. The summed E-state index contributed by atoms with van der Waals surface area (Å²) in [5, 5.41) is 9.26. The largest absolute Gasteiger partial charge is 0.457 e. The van der Waals surface area contributed by atoms with Crippen molar-refractivity contribution in [2.75, 3.05) is 23.8 Å². The molecule has 192 valence electrons. The van der Waals surface area contributed by atoms with E-state index < -0.39 is 0 Å². The van der Waals surface area contributed by atoms with Crippen LogP contribution >= 0.6 is 0 Å². The lowest BCUT2D eigenvalue weighted by atomic mass is 10.0. The van der Waals surface area contributed by atoms with Gasteiger partial charge in [-0.2, -0.15) is 0 Å². The Bertz CT molecular complexity index is 1200. The number of para-hydroxylation sites is 1. The second-order valence-electron chi connectivity index (χ2n) is 9.78. The fourth-order valence-electron chi connectivity index (χ4n) is 5.37. The van der Waals surface area contributed by atoms with E-state index in [1.807, 2.05) is 54.7 Å². The molecule has 4 atom stereocenters. The molecule has 2 saturated heterocycles. The fraction of sp³-hybridized carbons (Fsp3) is 0.393. The predicted molar refractivity (Wildman–Crippen MR) is 139 cm³/mol. The van der Waals surface area contributed by atoms with Crippen LogP contribution in [0.15, 0.2) is 66.9 Å². The number of carbonyl (C=O) groups is 1. The molecule has 37 heavy (non-hydrogen) atoms. The molecule has 2 aliphatic heterocycles. The first-order chi connectivity index (χ1) is 18.2. The molecular weight excluding hydrogens is 470 g/mol. The molecule has 3 aromatic rings. The highest BCUT2D eigenvalue weighted by atomic mass is 16.6. The van der Waals surface area contributed by atoms with E-state index in [2.05, 4.69) is 20.9 Å². The third-order valence-corrected chi connectivity index (χ3v) is 7.23. The number of urea groups is 1. The third-order valence-electron chi connectivity index (χ3n) is 7.23. The van der Waals surface area contributed by atoms with Gasteiger partial charge in [0.05, 0.1) is 25.3 Å². The number of nitrogens with zero attached hydrogens (tertiary/aromatic N) is 2. The van der Waals surface area contributed by atoms with Crippen molar-refractivity contribution in [3.8, 4) is 11.5 Å². The van der Waals surface area contributed by atoms with Gasteiger partial charge in [0, 0.05) is 23.5 Å². The summed E-state index contributed by atoms with van der Waals surface area (Å²) in [6.07, 6.45) is 6.32. The maximum Gasteiger partial charge on any atom is 0.319 e. The number of rotatable bonds is 7. The molecule has 0 bridgehead atoms. The van der Waals surface area contributed by atoms with E-state index in [1.54, 1.807) is 12.1 Å². The smallest absolute Gasteiger partial charge is 0.319 e. The zero-order chi connectivity index (χ0) is 25.0. The third kappa shape index (κ3) is 5.52. The van der Waals surface area contributed by atoms with E-state index in [-0.39, 0.29) is 30.3 Å². The maximum absolute atomic E-state index is 12.7. The lowest BCUT2D eigenvalue weighted by Gasteiger charge is -2.19. The molecular formula is C28H31N5O4. The number of ether oxygens (including phenoxy) is 3. The average molecular weight is 502 g/mol. The van der Waals surface area contributed by atoms with E-state index >= 15 is 0 Å². The van der Waals surface area contributed by atoms with Crippen molar-refractivity contribution in [1.82, 2.24) is 15.3 Å². The number of hydrogen-bond acceptors (Lipinski definition) is 7. The van der Waals surface area contributed by atoms with Gasteiger partial charge in [-0.1, -0.05) is 31.0 Å². The quantitative estimate of drug-likeness (QED) is 0.431. The number of benzene rings is 2. The summed E-state index contributed by atoms with van der Waals surface area (Å²) in [7, 11) is 0. The molecule has 3 heterocycles. The van der Waals surface area contributed by atoms with Gasteiger partial charge in [-0.05, 0) is 55.3 Å². The zero-order valence-electron chi connectivity index (χ0n) is 20.5. The van der Waals surface area contributed by atoms with Crippen LogP contribution in [0.1, 0.15) is 37.3 Å².